The van der Waals surface area contributed by atoms with E-state index in [0.29, 0.717) is 25.7 Å². The van der Waals surface area contributed by atoms with Crippen LogP contribution in [0.2, 0.25) is 0 Å². The fraction of sp³-hybridized carbons (Fsp3) is 0.625. The van der Waals surface area contributed by atoms with Crippen molar-refractivity contribution in [3.05, 3.63) is 29.8 Å². The Morgan fingerprint density at radius 1 is 1.30 bits per heavy atom. The predicted molar refractivity (Wildman–Crippen MR) is 82.8 cm³/mol. The van der Waals surface area contributed by atoms with Gasteiger partial charge in [0.25, 0.3) is 0 Å². The molecule has 0 aliphatic carbocycles. The van der Waals surface area contributed by atoms with Gasteiger partial charge in [-0.25, -0.2) is 0 Å². The number of nitrogens with two attached hydrogens (primary N) is 1. The van der Waals surface area contributed by atoms with Crippen LogP contribution in [0, 0.1) is 0 Å². The van der Waals surface area contributed by atoms with Crippen molar-refractivity contribution in [2.75, 3.05) is 19.7 Å². The third-order valence-corrected chi connectivity index (χ3v) is 3.31. The zero-order chi connectivity index (χ0) is 15.0. The summed E-state index contributed by atoms with van der Waals surface area (Å²) in [5, 5.41) is 10.1. The summed E-state index contributed by atoms with van der Waals surface area (Å²) in [6.45, 7) is 8.81. The number of ether oxygens (including phenoxy) is 1. The lowest BCUT2D eigenvalue weighted by molar-refractivity contribution is 0.0573. The SMILES string of the molecule is CCCN(CC(O)COc1ccccc1CN)C(C)C. The lowest BCUT2D eigenvalue weighted by Gasteiger charge is -2.28. The second-order valence-electron chi connectivity index (χ2n) is 5.37. The summed E-state index contributed by atoms with van der Waals surface area (Å²) >= 11 is 0. The molecule has 114 valence electrons. The van der Waals surface area contributed by atoms with Crippen molar-refractivity contribution in [3.63, 3.8) is 0 Å². The van der Waals surface area contributed by atoms with Gasteiger partial charge in [-0.05, 0) is 32.9 Å². The highest BCUT2D eigenvalue weighted by Gasteiger charge is 2.15. The van der Waals surface area contributed by atoms with Crippen molar-refractivity contribution < 1.29 is 9.84 Å². The van der Waals surface area contributed by atoms with Crippen molar-refractivity contribution in [1.82, 2.24) is 4.90 Å². The van der Waals surface area contributed by atoms with Gasteiger partial charge in [0.1, 0.15) is 18.5 Å². The van der Waals surface area contributed by atoms with E-state index in [1.165, 1.54) is 0 Å². The van der Waals surface area contributed by atoms with Crippen molar-refractivity contribution >= 4 is 0 Å². The van der Waals surface area contributed by atoms with Gasteiger partial charge in [0.2, 0.25) is 0 Å². The summed E-state index contributed by atoms with van der Waals surface area (Å²) in [7, 11) is 0. The van der Waals surface area contributed by atoms with Gasteiger partial charge < -0.3 is 15.6 Å². The maximum absolute atomic E-state index is 10.1. The quantitative estimate of drug-likeness (QED) is 0.726. The lowest BCUT2D eigenvalue weighted by atomic mass is 10.2. The average molecular weight is 280 g/mol. The Bertz CT molecular complexity index is 382. The summed E-state index contributed by atoms with van der Waals surface area (Å²) < 4.78 is 5.69. The van der Waals surface area contributed by atoms with Gasteiger partial charge in [-0.2, -0.15) is 0 Å². The van der Waals surface area contributed by atoms with E-state index in [1.54, 1.807) is 0 Å². The smallest absolute Gasteiger partial charge is 0.123 e. The molecule has 0 amide bonds. The van der Waals surface area contributed by atoms with Gasteiger partial charge in [-0.15, -0.1) is 0 Å². The molecule has 0 aliphatic heterocycles. The molecule has 0 saturated heterocycles. The Hall–Kier alpha value is -1.10. The second kappa shape index (κ2) is 8.95. The Morgan fingerprint density at radius 3 is 2.60 bits per heavy atom. The highest BCUT2D eigenvalue weighted by molar-refractivity contribution is 5.32. The fourth-order valence-corrected chi connectivity index (χ4v) is 2.17. The van der Waals surface area contributed by atoms with E-state index in [9.17, 15) is 5.11 Å². The highest BCUT2D eigenvalue weighted by atomic mass is 16.5. The molecular formula is C16H28N2O2. The molecule has 0 aromatic heterocycles. The number of aliphatic hydroxyl groups is 1. The van der Waals surface area contributed by atoms with Crippen LogP contribution in [0.3, 0.4) is 0 Å². The van der Waals surface area contributed by atoms with Gasteiger partial charge in [0.05, 0.1) is 0 Å². The topological polar surface area (TPSA) is 58.7 Å². The summed E-state index contributed by atoms with van der Waals surface area (Å²) in [5.41, 5.74) is 6.63. The zero-order valence-electron chi connectivity index (χ0n) is 12.9. The predicted octanol–water partition coefficient (Wildman–Crippen LogP) is 2.01. The Morgan fingerprint density at radius 2 is 2.00 bits per heavy atom. The monoisotopic (exact) mass is 280 g/mol. The molecule has 0 fully saturated rings. The molecule has 1 atom stereocenters. The molecule has 4 heteroatoms. The molecule has 1 unspecified atom stereocenters. The van der Waals surface area contributed by atoms with Gasteiger partial charge in [-0.3, -0.25) is 4.90 Å². The largest absolute Gasteiger partial charge is 0.491 e. The van der Waals surface area contributed by atoms with Crippen molar-refractivity contribution in [2.24, 2.45) is 5.73 Å². The van der Waals surface area contributed by atoms with E-state index in [4.69, 9.17) is 10.5 Å². The first-order valence-corrected chi connectivity index (χ1v) is 7.41. The Kier molecular flexibility index (Phi) is 7.59. The molecule has 0 heterocycles. The fourth-order valence-electron chi connectivity index (χ4n) is 2.17. The number of hydrogen-bond donors (Lipinski definition) is 2. The first-order valence-electron chi connectivity index (χ1n) is 7.41. The van der Waals surface area contributed by atoms with Crippen LogP contribution in [0.1, 0.15) is 32.8 Å². The van der Waals surface area contributed by atoms with Crippen molar-refractivity contribution in [2.45, 2.75) is 45.9 Å². The van der Waals surface area contributed by atoms with Crippen LogP contribution in [0.5, 0.6) is 5.75 Å². The molecule has 4 nitrogen and oxygen atoms in total. The minimum Gasteiger partial charge on any atom is -0.491 e. The van der Waals surface area contributed by atoms with E-state index in [-0.39, 0.29) is 0 Å². The second-order valence-corrected chi connectivity index (χ2v) is 5.37. The molecular weight excluding hydrogens is 252 g/mol. The molecule has 1 aromatic rings. The molecule has 0 spiro atoms. The van der Waals surface area contributed by atoms with Crippen LogP contribution in [0.25, 0.3) is 0 Å². The van der Waals surface area contributed by atoms with E-state index in [2.05, 4.69) is 25.7 Å². The van der Waals surface area contributed by atoms with Gasteiger partial charge >= 0.3 is 0 Å². The average Bonchev–Trinajstić information content (AvgIpc) is 2.44. The minimum absolute atomic E-state index is 0.296. The number of benzene rings is 1. The third kappa shape index (κ3) is 5.49. The van der Waals surface area contributed by atoms with E-state index < -0.39 is 6.10 Å². The Labute approximate surface area is 122 Å². The van der Waals surface area contributed by atoms with Crippen LogP contribution in [-0.4, -0.2) is 41.8 Å². The molecule has 1 aromatic carbocycles. The number of hydrogen-bond acceptors (Lipinski definition) is 4. The third-order valence-electron chi connectivity index (χ3n) is 3.31. The maximum atomic E-state index is 10.1. The standard InChI is InChI=1S/C16H28N2O2/c1-4-9-18(13(2)3)11-15(19)12-20-16-8-6-5-7-14(16)10-17/h5-8,13,15,19H,4,9-12,17H2,1-3H3. The summed E-state index contributed by atoms with van der Waals surface area (Å²) in [5.74, 6) is 0.764. The summed E-state index contributed by atoms with van der Waals surface area (Å²) in [4.78, 5) is 2.27. The zero-order valence-corrected chi connectivity index (χ0v) is 12.9. The van der Waals surface area contributed by atoms with Gasteiger partial charge in [0, 0.05) is 24.7 Å². The van der Waals surface area contributed by atoms with Crippen molar-refractivity contribution in [1.29, 1.82) is 0 Å². The number of para-hydroxylation sites is 1. The van der Waals surface area contributed by atoms with Gasteiger partial charge in [-0.1, -0.05) is 25.1 Å². The maximum Gasteiger partial charge on any atom is 0.123 e. The number of rotatable bonds is 9. The number of aliphatic hydroxyl groups excluding tert-OH is 1. The van der Waals surface area contributed by atoms with Crippen LogP contribution < -0.4 is 10.5 Å². The van der Waals surface area contributed by atoms with Crippen LogP contribution in [0.15, 0.2) is 24.3 Å². The van der Waals surface area contributed by atoms with Crippen molar-refractivity contribution in [3.8, 4) is 5.75 Å². The van der Waals surface area contributed by atoms with E-state index >= 15 is 0 Å². The van der Waals surface area contributed by atoms with Crippen LogP contribution in [-0.2, 0) is 6.54 Å². The molecule has 3 N–H and O–H groups in total. The molecule has 0 saturated carbocycles. The number of nitrogens with zero attached hydrogens (tertiary/aromatic N) is 1. The van der Waals surface area contributed by atoms with E-state index in [1.807, 2.05) is 24.3 Å². The van der Waals surface area contributed by atoms with Gasteiger partial charge in [0.15, 0.2) is 0 Å². The first kappa shape index (κ1) is 17.0. The normalized spacial score (nSPS) is 12.9. The van der Waals surface area contributed by atoms with Crippen LogP contribution >= 0.6 is 0 Å². The minimum atomic E-state index is -0.491. The molecule has 0 bridgehead atoms. The molecule has 1 rings (SSSR count). The summed E-state index contributed by atoms with van der Waals surface area (Å²) in [6.07, 6.45) is 0.594. The lowest BCUT2D eigenvalue weighted by Crippen LogP contribution is -2.40. The highest BCUT2D eigenvalue weighted by Crippen LogP contribution is 2.17. The van der Waals surface area contributed by atoms with Crippen LogP contribution in [0.4, 0.5) is 0 Å². The summed E-state index contributed by atoms with van der Waals surface area (Å²) in [6, 6.07) is 8.12. The Balaban J connectivity index is 2.48. The molecule has 0 radical (unpaired) electrons. The molecule has 0 aliphatic rings. The molecule has 20 heavy (non-hydrogen) atoms. The first-order chi connectivity index (χ1) is 9.58. The van der Waals surface area contributed by atoms with E-state index in [0.717, 1.165) is 24.3 Å².